The number of aromatic nitrogens is 4. The van der Waals surface area contributed by atoms with Gasteiger partial charge in [0.1, 0.15) is 48.2 Å². The summed E-state index contributed by atoms with van der Waals surface area (Å²) in [5.41, 5.74) is 1.92. The van der Waals surface area contributed by atoms with Crippen LogP contribution in [0.5, 0.6) is 11.8 Å². The van der Waals surface area contributed by atoms with Crippen molar-refractivity contribution in [3.63, 3.8) is 0 Å². The third-order valence-electron chi connectivity index (χ3n) is 5.50. The lowest BCUT2D eigenvalue weighted by molar-refractivity contribution is 0.00706. The summed E-state index contributed by atoms with van der Waals surface area (Å²) >= 11 is 6.43. The topological polar surface area (TPSA) is 124 Å². The van der Waals surface area contributed by atoms with Crippen molar-refractivity contribution in [1.82, 2.24) is 19.9 Å². The molecule has 3 N–H and O–H groups in total. The molecule has 3 aliphatic heterocycles. The van der Waals surface area contributed by atoms with E-state index in [0.717, 1.165) is 11.4 Å². The molecule has 10 nitrogen and oxygen atoms in total. The highest BCUT2D eigenvalue weighted by Crippen LogP contribution is 2.35. The van der Waals surface area contributed by atoms with Gasteiger partial charge in [-0.05, 0) is 18.2 Å². The molecule has 0 bridgehead atoms. The van der Waals surface area contributed by atoms with Crippen LogP contribution in [-0.2, 0) is 9.47 Å². The Hall–Kier alpha value is -2.66. The maximum atomic E-state index is 9.86. The molecule has 156 valence electrons. The number of aromatic amines is 1. The van der Waals surface area contributed by atoms with Crippen LogP contribution in [0.25, 0.3) is 11.2 Å². The highest BCUT2D eigenvalue weighted by molar-refractivity contribution is 6.33. The van der Waals surface area contributed by atoms with E-state index in [-0.39, 0.29) is 31.0 Å². The molecule has 3 aromatic rings. The van der Waals surface area contributed by atoms with Gasteiger partial charge < -0.3 is 34.4 Å². The van der Waals surface area contributed by atoms with E-state index in [1.54, 1.807) is 12.3 Å². The maximum absolute atomic E-state index is 9.86. The zero-order valence-corrected chi connectivity index (χ0v) is 16.4. The molecule has 1 unspecified atom stereocenters. The van der Waals surface area contributed by atoms with E-state index in [4.69, 9.17) is 30.5 Å². The molecule has 3 aromatic heterocycles. The number of nitrogens with one attached hydrogen (secondary N) is 2. The Morgan fingerprint density at radius 2 is 2.10 bits per heavy atom. The molecular formula is C19H18ClN5O5. The lowest BCUT2D eigenvalue weighted by Crippen LogP contribution is -2.34. The smallest absolute Gasteiger partial charge is 0.296 e. The van der Waals surface area contributed by atoms with Crippen LogP contribution in [0.15, 0.2) is 24.4 Å². The van der Waals surface area contributed by atoms with Crippen molar-refractivity contribution >= 4 is 28.6 Å². The van der Waals surface area contributed by atoms with E-state index in [1.807, 2.05) is 12.1 Å². The van der Waals surface area contributed by atoms with Gasteiger partial charge in [0.05, 0.1) is 23.8 Å². The van der Waals surface area contributed by atoms with Crippen molar-refractivity contribution in [2.24, 2.45) is 0 Å². The zero-order chi connectivity index (χ0) is 20.2. The summed E-state index contributed by atoms with van der Waals surface area (Å²) in [4.78, 5) is 16.4. The lowest BCUT2D eigenvalue weighted by atomic mass is 10.1. The van der Waals surface area contributed by atoms with Gasteiger partial charge in [-0.1, -0.05) is 11.6 Å². The van der Waals surface area contributed by atoms with E-state index in [9.17, 15) is 5.11 Å². The number of ether oxygens (including phenoxy) is 4. The molecule has 0 radical (unpaired) electrons. The van der Waals surface area contributed by atoms with Crippen LogP contribution in [-0.4, -0.2) is 69.3 Å². The number of aliphatic hydroxyl groups excluding tert-OH is 1. The summed E-state index contributed by atoms with van der Waals surface area (Å²) in [6, 6.07) is 5.59. The normalized spacial score (nSPS) is 29.6. The number of rotatable bonds is 4. The minimum atomic E-state index is -0.632. The fraction of sp³-hybridized carbons (Fsp3) is 0.421. The van der Waals surface area contributed by atoms with Gasteiger partial charge in [-0.25, -0.2) is 4.98 Å². The summed E-state index contributed by atoms with van der Waals surface area (Å²) in [6.45, 7) is 0.996. The number of fused-ring (bicyclic) bond motifs is 3. The molecule has 6 heterocycles. The van der Waals surface area contributed by atoms with E-state index < -0.39 is 6.10 Å². The highest BCUT2D eigenvalue weighted by Gasteiger charge is 2.48. The van der Waals surface area contributed by atoms with Crippen LogP contribution >= 0.6 is 11.6 Å². The predicted molar refractivity (Wildman–Crippen MR) is 105 cm³/mol. The zero-order valence-electron chi connectivity index (χ0n) is 15.6. The van der Waals surface area contributed by atoms with Crippen LogP contribution < -0.4 is 14.8 Å². The Kier molecular flexibility index (Phi) is 4.20. The first-order chi connectivity index (χ1) is 14.7. The molecule has 3 aliphatic rings. The van der Waals surface area contributed by atoms with Gasteiger partial charge >= 0.3 is 0 Å². The molecule has 0 spiro atoms. The van der Waals surface area contributed by atoms with Gasteiger partial charge in [0.2, 0.25) is 0 Å². The largest absolute Gasteiger partial charge is 0.489 e. The van der Waals surface area contributed by atoms with E-state index in [2.05, 4.69) is 25.3 Å². The SMILES string of the molecule is O[C@@H]1CO[C@H]2[C@@H]1OC[C@H]2Oc1nc2nc(NC3COc4cccnc43)c(Cl)cc2[nH]1. The van der Waals surface area contributed by atoms with Crippen molar-refractivity contribution in [2.45, 2.75) is 30.5 Å². The number of aliphatic hydroxyl groups is 1. The molecule has 0 aliphatic carbocycles. The fourth-order valence-electron chi connectivity index (χ4n) is 4.05. The summed E-state index contributed by atoms with van der Waals surface area (Å²) < 4.78 is 22.7. The Balaban J connectivity index is 1.23. The third-order valence-corrected chi connectivity index (χ3v) is 5.78. The molecule has 11 heteroatoms. The molecule has 0 amide bonds. The van der Waals surface area contributed by atoms with E-state index in [0.29, 0.717) is 41.2 Å². The second-order valence-corrected chi connectivity index (χ2v) is 7.85. The second-order valence-electron chi connectivity index (χ2n) is 7.45. The average Bonchev–Trinajstić information content (AvgIpc) is 3.49. The van der Waals surface area contributed by atoms with E-state index in [1.165, 1.54) is 0 Å². The van der Waals surface area contributed by atoms with Crippen molar-refractivity contribution in [1.29, 1.82) is 0 Å². The molecule has 2 saturated heterocycles. The minimum absolute atomic E-state index is 0.156. The molecule has 0 aromatic carbocycles. The number of halogens is 1. The lowest BCUT2D eigenvalue weighted by Gasteiger charge is -2.15. The van der Waals surface area contributed by atoms with Crippen molar-refractivity contribution in [2.75, 3.05) is 25.1 Å². The third kappa shape index (κ3) is 2.95. The number of nitrogens with zero attached hydrogens (tertiary/aromatic N) is 3. The molecule has 2 fully saturated rings. The molecule has 0 saturated carbocycles. The Bertz CT molecular complexity index is 1110. The van der Waals surface area contributed by atoms with Crippen LogP contribution in [0.1, 0.15) is 11.7 Å². The molecule has 30 heavy (non-hydrogen) atoms. The van der Waals surface area contributed by atoms with Gasteiger partial charge in [-0.2, -0.15) is 4.98 Å². The fourth-order valence-corrected chi connectivity index (χ4v) is 4.26. The Morgan fingerprint density at radius 1 is 1.20 bits per heavy atom. The molecular weight excluding hydrogens is 414 g/mol. The number of pyridine rings is 2. The Labute approximate surface area is 175 Å². The molecule has 5 atom stereocenters. The summed E-state index contributed by atoms with van der Waals surface area (Å²) in [5.74, 6) is 1.24. The second kappa shape index (κ2) is 6.95. The maximum Gasteiger partial charge on any atom is 0.296 e. The predicted octanol–water partition coefficient (Wildman–Crippen LogP) is 1.46. The first kappa shape index (κ1) is 18.1. The quantitative estimate of drug-likeness (QED) is 0.563. The number of anilines is 1. The summed E-state index contributed by atoms with van der Waals surface area (Å²) in [6.07, 6.45) is 0.0404. The summed E-state index contributed by atoms with van der Waals surface area (Å²) in [5, 5.41) is 13.6. The van der Waals surface area contributed by atoms with E-state index >= 15 is 0 Å². The first-order valence-electron chi connectivity index (χ1n) is 9.64. The minimum Gasteiger partial charge on any atom is -0.489 e. The number of H-pyrrole nitrogens is 1. The summed E-state index contributed by atoms with van der Waals surface area (Å²) in [7, 11) is 0. The first-order valence-corrected chi connectivity index (χ1v) is 10.0. The highest BCUT2D eigenvalue weighted by atomic mass is 35.5. The van der Waals surface area contributed by atoms with Crippen LogP contribution in [0.4, 0.5) is 5.82 Å². The average molecular weight is 432 g/mol. The molecule has 6 rings (SSSR count). The number of hydrogen-bond acceptors (Lipinski definition) is 9. The van der Waals surface area contributed by atoms with Crippen molar-refractivity contribution in [3.8, 4) is 11.8 Å². The number of imidazole rings is 1. The van der Waals surface area contributed by atoms with Gasteiger partial charge in [0.25, 0.3) is 6.01 Å². The van der Waals surface area contributed by atoms with Gasteiger partial charge in [-0.15, -0.1) is 0 Å². The van der Waals surface area contributed by atoms with Crippen LogP contribution in [0, 0.1) is 0 Å². The van der Waals surface area contributed by atoms with Gasteiger partial charge in [0, 0.05) is 6.20 Å². The number of hydrogen-bond donors (Lipinski definition) is 3. The van der Waals surface area contributed by atoms with Crippen LogP contribution in [0.3, 0.4) is 0 Å². The van der Waals surface area contributed by atoms with Crippen molar-refractivity contribution in [3.05, 3.63) is 35.1 Å². The standard InChI is InChI=1S/C19H18ClN5O5/c20-8-4-9-18(24-17(8)22-10-5-27-12-2-1-3-21-14(10)12)25-19(23-9)30-13-7-29-15-11(26)6-28-16(13)15/h1-4,10-11,13,15-16,26H,5-7H2,(H2,22,23,24,25)/t10?,11-,13-,15-,16-/m1/s1. The monoisotopic (exact) mass is 431 g/mol. The van der Waals surface area contributed by atoms with Gasteiger partial charge in [0.15, 0.2) is 11.8 Å². The van der Waals surface area contributed by atoms with Crippen molar-refractivity contribution < 1.29 is 24.1 Å². The van der Waals surface area contributed by atoms with Gasteiger partial charge in [-0.3, -0.25) is 4.98 Å². The Morgan fingerprint density at radius 3 is 3.03 bits per heavy atom. The van der Waals surface area contributed by atoms with Crippen LogP contribution in [0.2, 0.25) is 5.02 Å².